The van der Waals surface area contributed by atoms with Crippen LogP contribution in [-0.4, -0.2) is 24.2 Å². The van der Waals surface area contributed by atoms with E-state index in [1.54, 1.807) is 7.11 Å². The van der Waals surface area contributed by atoms with Crippen LogP contribution in [0, 0.1) is 0 Å². The second-order valence-electron chi connectivity index (χ2n) is 3.38. The van der Waals surface area contributed by atoms with Gasteiger partial charge in [0.05, 0.1) is 11.6 Å². The van der Waals surface area contributed by atoms with Crippen molar-refractivity contribution in [1.82, 2.24) is 0 Å². The van der Waals surface area contributed by atoms with E-state index >= 15 is 0 Å². The SMILES string of the molecule is COc1cc2c(cc1Br)CC(C(=O)O)N2. The number of carboxylic acid groups (broad SMARTS) is 1. The Morgan fingerprint density at radius 1 is 1.67 bits per heavy atom. The van der Waals surface area contributed by atoms with Crippen molar-refractivity contribution in [2.45, 2.75) is 12.5 Å². The van der Waals surface area contributed by atoms with Gasteiger partial charge in [-0.3, -0.25) is 0 Å². The first-order chi connectivity index (χ1) is 7.11. The highest BCUT2D eigenvalue weighted by molar-refractivity contribution is 9.10. The van der Waals surface area contributed by atoms with E-state index in [1.807, 2.05) is 12.1 Å². The molecule has 1 aromatic carbocycles. The highest BCUT2D eigenvalue weighted by atomic mass is 79.9. The van der Waals surface area contributed by atoms with Crippen molar-refractivity contribution in [1.29, 1.82) is 0 Å². The number of carboxylic acids is 1. The predicted octanol–water partition coefficient (Wildman–Crippen LogP) is 1.88. The summed E-state index contributed by atoms with van der Waals surface area (Å²) in [7, 11) is 1.58. The highest BCUT2D eigenvalue weighted by Gasteiger charge is 2.27. The molecule has 2 rings (SSSR count). The molecule has 1 heterocycles. The van der Waals surface area contributed by atoms with Crippen molar-refractivity contribution < 1.29 is 14.6 Å². The first-order valence-electron chi connectivity index (χ1n) is 4.47. The number of aliphatic carboxylic acids is 1. The Balaban J connectivity index is 2.35. The molecule has 2 N–H and O–H groups in total. The molecule has 0 radical (unpaired) electrons. The van der Waals surface area contributed by atoms with Gasteiger partial charge in [-0.25, -0.2) is 4.79 Å². The molecule has 0 aliphatic carbocycles. The summed E-state index contributed by atoms with van der Waals surface area (Å²) in [6.45, 7) is 0. The summed E-state index contributed by atoms with van der Waals surface area (Å²) in [6.07, 6.45) is 0.507. The minimum Gasteiger partial charge on any atom is -0.495 e. The van der Waals surface area contributed by atoms with Gasteiger partial charge in [-0.1, -0.05) is 0 Å². The Kier molecular flexibility index (Phi) is 2.56. The molecule has 0 spiro atoms. The van der Waals surface area contributed by atoms with Crippen LogP contribution in [0.15, 0.2) is 16.6 Å². The van der Waals surface area contributed by atoms with Gasteiger partial charge in [-0.2, -0.15) is 0 Å². The Labute approximate surface area is 95.4 Å². The molecule has 1 unspecified atom stereocenters. The fraction of sp³-hybridized carbons (Fsp3) is 0.300. The number of ether oxygens (including phenoxy) is 1. The highest BCUT2D eigenvalue weighted by Crippen LogP contribution is 2.35. The monoisotopic (exact) mass is 271 g/mol. The lowest BCUT2D eigenvalue weighted by molar-refractivity contribution is -0.137. The molecule has 5 heteroatoms. The van der Waals surface area contributed by atoms with Crippen molar-refractivity contribution >= 4 is 27.6 Å². The van der Waals surface area contributed by atoms with E-state index in [-0.39, 0.29) is 0 Å². The summed E-state index contributed by atoms with van der Waals surface area (Å²) in [5.41, 5.74) is 1.83. The lowest BCUT2D eigenvalue weighted by atomic mass is 10.1. The van der Waals surface area contributed by atoms with Gasteiger partial charge in [0, 0.05) is 18.2 Å². The molecular weight excluding hydrogens is 262 g/mol. The molecule has 0 aromatic heterocycles. The molecule has 1 aromatic rings. The van der Waals surface area contributed by atoms with Gasteiger partial charge in [0.15, 0.2) is 0 Å². The number of rotatable bonds is 2. The summed E-state index contributed by atoms with van der Waals surface area (Å²) < 4.78 is 5.98. The van der Waals surface area contributed by atoms with E-state index in [4.69, 9.17) is 9.84 Å². The zero-order valence-corrected chi connectivity index (χ0v) is 9.67. The van der Waals surface area contributed by atoms with Crippen LogP contribution in [0.3, 0.4) is 0 Å². The lowest BCUT2D eigenvalue weighted by Crippen LogP contribution is -2.26. The van der Waals surface area contributed by atoms with Gasteiger partial charge >= 0.3 is 5.97 Å². The first-order valence-corrected chi connectivity index (χ1v) is 5.27. The van der Waals surface area contributed by atoms with Crippen LogP contribution >= 0.6 is 15.9 Å². The second-order valence-corrected chi connectivity index (χ2v) is 4.24. The van der Waals surface area contributed by atoms with E-state index in [0.29, 0.717) is 12.2 Å². The minimum absolute atomic E-state index is 0.507. The summed E-state index contributed by atoms with van der Waals surface area (Å²) in [4.78, 5) is 10.8. The molecular formula is C10H10BrNO3. The third-order valence-corrected chi connectivity index (χ3v) is 3.05. The maximum absolute atomic E-state index is 10.8. The predicted molar refractivity (Wildman–Crippen MR) is 59.4 cm³/mol. The number of hydrogen-bond acceptors (Lipinski definition) is 3. The zero-order chi connectivity index (χ0) is 11.0. The second kappa shape index (κ2) is 3.73. The standard InChI is InChI=1S/C10H10BrNO3/c1-15-9-4-7-5(2-6(9)11)3-8(12-7)10(13)14/h2,4,8,12H,3H2,1H3,(H,13,14). The molecule has 0 fully saturated rings. The van der Waals surface area contributed by atoms with E-state index in [1.165, 1.54) is 0 Å². The van der Waals surface area contributed by atoms with Gasteiger partial charge in [0.25, 0.3) is 0 Å². The quantitative estimate of drug-likeness (QED) is 0.863. The Morgan fingerprint density at radius 3 is 3.00 bits per heavy atom. The molecule has 80 valence electrons. The molecule has 4 nitrogen and oxygen atoms in total. The Bertz CT molecular complexity index is 419. The average molecular weight is 272 g/mol. The average Bonchev–Trinajstić information content (AvgIpc) is 2.59. The van der Waals surface area contributed by atoms with Crippen LogP contribution in [0.1, 0.15) is 5.56 Å². The van der Waals surface area contributed by atoms with Crippen LogP contribution in [0.25, 0.3) is 0 Å². The van der Waals surface area contributed by atoms with E-state index in [9.17, 15) is 4.79 Å². The maximum Gasteiger partial charge on any atom is 0.326 e. The Hall–Kier alpha value is -1.23. The zero-order valence-electron chi connectivity index (χ0n) is 8.08. The van der Waals surface area contributed by atoms with Crippen molar-refractivity contribution in [2.24, 2.45) is 0 Å². The van der Waals surface area contributed by atoms with Crippen molar-refractivity contribution in [3.05, 3.63) is 22.2 Å². The van der Waals surface area contributed by atoms with Crippen molar-refractivity contribution in [2.75, 3.05) is 12.4 Å². The Morgan fingerprint density at radius 2 is 2.40 bits per heavy atom. The first kappa shape index (κ1) is 10.3. The van der Waals surface area contributed by atoms with Crippen molar-refractivity contribution in [3.8, 4) is 5.75 Å². The van der Waals surface area contributed by atoms with E-state index in [0.717, 1.165) is 15.7 Å². The number of benzene rings is 1. The van der Waals surface area contributed by atoms with E-state index in [2.05, 4.69) is 21.2 Å². The number of anilines is 1. The summed E-state index contributed by atoms with van der Waals surface area (Å²) in [5.74, 6) is -0.131. The van der Waals surface area contributed by atoms with Crippen LogP contribution in [0.2, 0.25) is 0 Å². The number of halogens is 1. The third-order valence-electron chi connectivity index (χ3n) is 2.43. The number of hydrogen-bond donors (Lipinski definition) is 2. The summed E-state index contributed by atoms with van der Waals surface area (Å²) >= 11 is 3.37. The summed E-state index contributed by atoms with van der Waals surface area (Å²) in [5, 5.41) is 11.8. The normalized spacial score (nSPS) is 18.1. The topological polar surface area (TPSA) is 58.6 Å². The van der Waals surface area contributed by atoms with Crippen LogP contribution < -0.4 is 10.1 Å². The van der Waals surface area contributed by atoms with Gasteiger partial charge < -0.3 is 15.2 Å². The maximum atomic E-state index is 10.8. The number of carbonyl (C=O) groups is 1. The van der Waals surface area contributed by atoms with Crippen LogP contribution in [0.4, 0.5) is 5.69 Å². The molecule has 1 atom stereocenters. The lowest BCUT2D eigenvalue weighted by Gasteiger charge is -2.07. The van der Waals surface area contributed by atoms with Gasteiger partial charge in [-0.05, 0) is 27.6 Å². The van der Waals surface area contributed by atoms with Crippen LogP contribution in [0.5, 0.6) is 5.75 Å². The van der Waals surface area contributed by atoms with E-state index < -0.39 is 12.0 Å². The minimum atomic E-state index is -0.832. The largest absolute Gasteiger partial charge is 0.495 e. The van der Waals surface area contributed by atoms with Crippen LogP contribution in [-0.2, 0) is 11.2 Å². The number of fused-ring (bicyclic) bond motifs is 1. The number of methoxy groups -OCH3 is 1. The molecule has 0 bridgehead atoms. The summed E-state index contributed by atoms with van der Waals surface area (Å²) in [6, 6.07) is 3.17. The molecule has 0 saturated heterocycles. The number of nitrogens with one attached hydrogen (secondary N) is 1. The molecule has 1 aliphatic rings. The fourth-order valence-corrected chi connectivity index (χ4v) is 2.21. The molecule has 1 aliphatic heterocycles. The third kappa shape index (κ3) is 1.79. The van der Waals surface area contributed by atoms with Gasteiger partial charge in [-0.15, -0.1) is 0 Å². The molecule has 0 amide bonds. The molecule has 15 heavy (non-hydrogen) atoms. The fourth-order valence-electron chi connectivity index (χ4n) is 1.66. The molecule has 0 saturated carbocycles. The van der Waals surface area contributed by atoms with Gasteiger partial charge in [0.2, 0.25) is 0 Å². The van der Waals surface area contributed by atoms with Crippen molar-refractivity contribution in [3.63, 3.8) is 0 Å². The van der Waals surface area contributed by atoms with Gasteiger partial charge in [0.1, 0.15) is 11.8 Å². The smallest absolute Gasteiger partial charge is 0.326 e.